The normalized spacial score (nSPS) is 14.4. The first-order chi connectivity index (χ1) is 18.8. The number of allylic oxidation sites excluding steroid dienone is 1. The highest BCUT2D eigenvalue weighted by atomic mass is 16.5. The summed E-state index contributed by atoms with van der Waals surface area (Å²) in [7, 11) is 4.75. The highest BCUT2D eigenvalue weighted by Crippen LogP contribution is 2.10. The second-order valence-electron chi connectivity index (χ2n) is 9.40. The van der Waals surface area contributed by atoms with Crippen LogP contribution in [0.4, 0.5) is 0 Å². The van der Waals surface area contributed by atoms with Crippen LogP contribution in [0.25, 0.3) is 6.08 Å². The molecule has 2 N–H and O–H groups in total. The number of benzene rings is 2. The Kier molecular flexibility index (Phi) is 11.7. The molecule has 206 valence electrons. The Morgan fingerprint density at radius 3 is 2.41 bits per heavy atom. The number of hydrogen-bond acceptors (Lipinski definition) is 7. The first-order valence-corrected chi connectivity index (χ1v) is 12.8. The van der Waals surface area contributed by atoms with Crippen molar-refractivity contribution < 1.29 is 23.9 Å². The largest absolute Gasteiger partial charge is 0.467 e. The van der Waals surface area contributed by atoms with Crippen LogP contribution in [0.15, 0.2) is 54.6 Å². The molecule has 9 heteroatoms. The van der Waals surface area contributed by atoms with Gasteiger partial charge in [-0.1, -0.05) is 36.1 Å². The van der Waals surface area contributed by atoms with Crippen molar-refractivity contribution in [2.45, 2.75) is 12.6 Å². The zero-order valence-corrected chi connectivity index (χ0v) is 22.7. The van der Waals surface area contributed by atoms with Gasteiger partial charge < -0.3 is 25.0 Å². The second kappa shape index (κ2) is 15.4. The van der Waals surface area contributed by atoms with E-state index in [9.17, 15) is 14.4 Å². The molecule has 0 aliphatic carbocycles. The topological polar surface area (TPSA) is 100 Å². The maximum absolute atomic E-state index is 12.7. The van der Waals surface area contributed by atoms with Crippen LogP contribution in [0.2, 0.25) is 0 Å². The number of carbonyl (C=O) groups excluding carboxylic acids is 3. The molecule has 1 aliphatic heterocycles. The summed E-state index contributed by atoms with van der Waals surface area (Å²) in [5.74, 6) is 4.71. The van der Waals surface area contributed by atoms with Gasteiger partial charge in [0.15, 0.2) is 0 Å². The summed E-state index contributed by atoms with van der Waals surface area (Å²) in [5, 5.41) is 5.24. The molecular weight excluding hydrogens is 496 g/mol. The molecule has 2 amide bonds. The molecule has 1 aliphatic rings. The molecule has 1 atom stereocenters. The zero-order chi connectivity index (χ0) is 28.0. The van der Waals surface area contributed by atoms with E-state index in [0.717, 1.165) is 44.0 Å². The molecule has 2 aromatic rings. The highest BCUT2D eigenvalue weighted by Gasteiger charge is 2.23. The van der Waals surface area contributed by atoms with Crippen LogP contribution >= 0.6 is 0 Å². The molecular formula is C30H36N4O5. The smallest absolute Gasteiger partial charge is 0.330 e. The summed E-state index contributed by atoms with van der Waals surface area (Å²) in [5.41, 5.74) is 3.45. The van der Waals surface area contributed by atoms with Crippen molar-refractivity contribution in [3.05, 3.63) is 76.9 Å². The lowest BCUT2D eigenvalue weighted by molar-refractivity contribution is -0.142. The Bertz CT molecular complexity index is 1190. The molecule has 2 aromatic carbocycles. The van der Waals surface area contributed by atoms with Crippen molar-refractivity contribution in [1.82, 2.24) is 20.4 Å². The molecule has 9 nitrogen and oxygen atoms in total. The van der Waals surface area contributed by atoms with Crippen molar-refractivity contribution in [2.75, 3.05) is 60.6 Å². The van der Waals surface area contributed by atoms with Gasteiger partial charge >= 0.3 is 5.97 Å². The van der Waals surface area contributed by atoms with Gasteiger partial charge in [0.25, 0.3) is 5.91 Å². The molecule has 3 rings (SSSR count). The summed E-state index contributed by atoms with van der Waals surface area (Å²) in [4.78, 5) is 40.7. The number of morpholine rings is 1. The Balaban J connectivity index is 1.51. The number of nitrogens with zero attached hydrogens (tertiary/aromatic N) is 2. The molecule has 1 heterocycles. The van der Waals surface area contributed by atoms with Gasteiger partial charge in [-0.05, 0) is 61.6 Å². The fraction of sp³-hybridized carbons (Fsp3) is 0.367. The van der Waals surface area contributed by atoms with E-state index in [1.165, 1.54) is 12.7 Å². The van der Waals surface area contributed by atoms with Crippen molar-refractivity contribution in [3.8, 4) is 11.8 Å². The summed E-state index contributed by atoms with van der Waals surface area (Å²) < 4.78 is 10.2. The van der Waals surface area contributed by atoms with E-state index in [1.54, 1.807) is 49.3 Å². The van der Waals surface area contributed by atoms with Crippen molar-refractivity contribution in [1.29, 1.82) is 0 Å². The van der Waals surface area contributed by atoms with Gasteiger partial charge in [-0.25, -0.2) is 4.79 Å². The maximum atomic E-state index is 12.7. The minimum atomic E-state index is -1.01. The fourth-order valence-electron chi connectivity index (χ4n) is 3.86. The summed E-state index contributed by atoms with van der Waals surface area (Å²) in [6.07, 6.45) is 3.75. The van der Waals surface area contributed by atoms with E-state index in [2.05, 4.69) is 51.6 Å². The Morgan fingerprint density at radius 2 is 1.77 bits per heavy atom. The first kappa shape index (κ1) is 29.6. The van der Waals surface area contributed by atoms with Gasteiger partial charge in [0.05, 0.1) is 26.9 Å². The van der Waals surface area contributed by atoms with Gasteiger partial charge in [-0.2, -0.15) is 0 Å². The lowest BCUT2D eigenvalue weighted by atomic mass is 10.1. The molecule has 1 fully saturated rings. The number of rotatable bonds is 10. The molecule has 39 heavy (non-hydrogen) atoms. The predicted octanol–water partition coefficient (Wildman–Crippen LogP) is 1.53. The summed E-state index contributed by atoms with van der Waals surface area (Å²) >= 11 is 0. The monoisotopic (exact) mass is 532 g/mol. The van der Waals surface area contributed by atoms with E-state index in [-0.39, 0.29) is 19.0 Å². The second-order valence-corrected chi connectivity index (χ2v) is 9.40. The molecule has 0 bridgehead atoms. The molecule has 0 aromatic heterocycles. The molecule has 0 unspecified atom stereocenters. The van der Waals surface area contributed by atoms with Crippen LogP contribution in [0.3, 0.4) is 0 Å². The van der Waals surface area contributed by atoms with Gasteiger partial charge in [0, 0.05) is 37.3 Å². The zero-order valence-electron chi connectivity index (χ0n) is 22.7. The number of ether oxygens (including phenoxy) is 2. The average Bonchev–Trinajstić information content (AvgIpc) is 2.94. The lowest BCUT2D eigenvalue weighted by Crippen LogP contribution is -2.50. The number of hydrogen-bond donors (Lipinski definition) is 2. The maximum Gasteiger partial charge on any atom is 0.330 e. The average molecular weight is 533 g/mol. The number of nitrogens with one attached hydrogen (secondary N) is 2. The van der Waals surface area contributed by atoms with Crippen molar-refractivity contribution in [3.63, 3.8) is 0 Å². The van der Waals surface area contributed by atoms with E-state index >= 15 is 0 Å². The van der Waals surface area contributed by atoms with Crippen LogP contribution < -0.4 is 10.6 Å². The first-order valence-electron chi connectivity index (χ1n) is 12.8. The number of likely N-dealkylation sites (N-methyl/N-ethyl adjacent to an activating group) is 1. The van der Waals surface area contributed by atoms with Gasteiger partial charge in [-0.3, -0.25) is 14.5 Å². The van der Waals surface area contributed by atoms with Gasteiger partial charge in [-0.15, -0.1) is 0 Å². The Hall–Kier alpha value is -3.97. The van der Waals surface area contributed by atoms with E-state index in [4.69, 9.17) is 9.47 Å². The molecule has 0 spiro atoms. The molecule has 1 saturated heterocycles. The number of carbonyl (C=O) groups is 3. The van der Waals surface area contributed by atoms with Gasteiger partial charge in [0.2, 0.25) is 5.91 Å². The number of esters is 1. The van der Waals surface area contributed by atoms with Crippen LogP contribution in [-0.4, -0.2) is 94.2 Å². The fourth-order valence-corrected chi connectivity index (χ4v) is 3.86. The van der Waals surface area contributed by atoms with Crippen molar-refractivity contribution >= 4 is 23.9 Å². The summed E-state index contributed by atoms with van der Waals surface area (Å²) in [6, 6.07) is 14.2. The third-order valence-corrected chi connectivity index (χ3v) is 5.97. The van der Waals surface area contributed by atoms with Crippen LogP contribution in [0, 0.1) is 11.8 Å². The molecule has 0 saturated carbocycles. The minimum absolute atomic E-state index is 0.0718. The SMILES string of the molecule is COC(=O)[C@H](CNC(=O)CN(C)C)NC(=O)c1ccc(C#C/C=C/c2ccc(CN3CCOCC3)cc2)cc1. The Labute approximate surface area is 230 Å². The van der Waals surface area contributed by atoms with Crippen LogP contribution in [0.5, 0.6) is 0 Å². The summed E-state index contributed by atoms with van der Waals surface area (Å²) in [6.45, 7) is 4.55. The predicted molar refractivity (Wildman–Crippen MR) is 150 cm³/mol. The minimum Gasteiger partial charge on any atom is -0.467 e. The highest BCUT2D eigenvalue weighted by molar-refractivity contribution is 5.97. The molecule has 0 radical (unpaired) electrons. The van der Waals surface area contributed by atoms with Gasteiger partial charge in [0.1, 0.15) is 6.04 Å². The van der Waals surface area contributed by atoms with Crippen LogP contribution in [-0.2, 0) is 25.6 Å². The third kappa shape index (κ3) is 10.4. The van der Waals surface area contributed by atoms with Crippen molar-refractivity contribution in [2.24, 2.45) is 0 Å². The lowest BCUT2D eigenvalue weighted by Gasteiger charge is -2.26. The standard InChI is InChI=1S/C30H36N4O5/c1-33(2)22-28(35)31-20-27(30(37)38-3)32-29(36)26-14-12-24(13-15-26)7-5-4-6-23-8-10-25(11-9-23)21-34-16-18-39-19-17-34/h4,6,8-15,27H,16-22H2,1-3H3,(H,31,35)(H,32,36)/b6-4+/t27-/m0/s1. The third-order valence-electron chi connectivity index (χ3n) is 5.97. The van der Waals surface area contributed by atoms with E-state index in [0.29, 0.717) is 5.56 Å². The number of methoxy groups -OCH3 is 1. The number of amides is 2. The Morgan fingerprint density at radius 1 is 1.08 bits per heavy atom. The van der Waals surface area contributed by atoms with E-state index < -0.39 is 17.9 Å². The van der Waals surface area contributed by atoms with Crippen LogP contribution in [0.1, 0.15) is 27.0 Å². The van der Waals surface area contributed by atoms with E-state index in [1.807, 2.05) is 6.08 Å². The quantitative estimate of drug-likeness (QED) is 0.354.